The summed E-state index contributed by atoms with van der Waals surface area (Å²) >= 11 is 5.18. The molecule has 0 fully saturated rings. The second-order valence-electron chi connectivity index (χ2n) is 3.73. The summed E-state index contributed by atoms with van der Waals surface area (Å²) in [5, 5.41) is 6.74. The third-order valence-electron chi connectivity index (χ3n) is 2.19. The van der Waals surface area contributed by atoms with E-state index >= 15 is 0 Å². The van der Waals surface area contributed by atoms with Crippen LogP contribution in [0.1, 0.15) is 26.7 Å². The van der Waals surface area contributed by atoms with Gasteiger partial charge in [-0.05, 0) is 25.6 Å². The molecule has 1 atom stereocenters. The lowest BCUT2D eigenvalue weighted by Gasteiger charge is -2.15. The number of anilines is 1. The van der Waals surface area contributed by atoms with E-state index in [9.17, 15) is 0 Å². The van der Waals surface area contributed by atoms with Crippen molar-refractivity contribution in [3.05, 3.63) is 12.4 Å². The SMILES string of the molecule is CCC[C@@H](C)NC(=S)Nc1cc(OC)ncn1. The minimum Gasteiger partial charge on any atom is -0.481 e. The number of hydrogen-bond acceptors (Lipinski definition) is 4. The topological polar surface area (TPSA) is 59.1 Å². The van der Waals surface area contributed by atoms with Crippen LogP contribution in [0.25, 0.3) is 0 Å². The van der Waals surface area contributed by atoms with E-state index in [1.807, 2.05) is 0 Å². The Labute approximate surface area is 107 Å². The van der Waals surface area contributed by atoms with Crippen LogP contribution in [0.15, 0.2) is 12.4 Å². The highest BCUT2D eigenvalue weighted by Gasteiger charge is 2.04. The van der Waals surface area contributed by atoms with Gasteiger partial charge in [0.25, 0.3) is 0 Å². The van der Waals surface area contributed by atoms with Crippen LogP contribution in [-0.2, 0) is 0 Å². The summed E-state index contributed by atoms with van der Waals surface area (Å²) in [6, 6.07) is 2.04. The van der Waals surface area contributed by atoms with Crippen molar-refractivity contribution in [2.45, 2.75) is 32.7 Å². The van der Waals surface area contributed by atoms with Crippen molar-refractivity contribution in [1.29, 1.82) is 0 Å². The largest absolute Gasteiger partial charge is 0.481 e. The van der Waals surface area contributed by atoms with E-state index in [1.54, 1.807) is 13.2 Å². The molecule has 17 heavy (non-hydrogen) atoms. The molecule has 0 bridgehead atoms. The van der Waals surface area contributed by atoms with Gasteiger partial charge in [0.05, 0.1) is 7.11 Å². The molecule has 0 spiro atoms. The Morgan fingerprint density at radius 1 is 1.53 bits per heavy atom. The Hall–Kier alpha value is -1.43. The minimum atomic E-state index is 0.351. The number of rotatable bonds is 5. The van der Waals surface area contributed by atoms with E-state index in [-0.39, 0.29) is 0 Å². The highest BCUT2D eigenvalue weighted by Crippen LogP contribution is 2.09. The van der Waals surface area contributed by atoms with E-state index in [0.717, 1.165) is 12.8 Å². The molecule has 0 aliphatic rings. The van der Waals surface area contributed by atoms with E-state index in [4.69, 9.17) is 17.0 Å². The fourth-order valence-corrected chi connectivity index (χ4v) is 1.71. The second kappa shape index (κ2) is 7.01. The van der Waals surface area contributed by atoms with Crippen molar-refractivity contribution >= 4 is 23.1 Å². The fraction of sp³-hybridized carbons (Fsp3) is 0.545. The van der Waals surface area contributed by atoms with E-state index in [1.165, 1.54) is 6.33 Å². The van der Waals surface area contributed by atoms with Crippen molar-refractivity contribution in [3.8, 4) is 5.88 Å². The number of nitrogens with one attached hydrogen (secondary N) is 2. The first-order valence-corrected chi connectivity index (χ1v) is 6.00. The van der Waals surface area contributed by atoms with Crippen LogP contribution in [0.2, 0.25) is 0 Å². The summed E-state index contributed by atoms with van der Waals surface area (Å²) in [7, 11) is 1.56. The van der Waals surface area contributed by atoms with Gasteiger partial charge < -0.3 is 15.4 Å². The van der Waals surface area contributed by atoms with Crippen LogP contribution in [0, 0.1) is 0 Å². The smallest absolute Gasteiger partial charge is 0.218 e. The zero-order valence-electron chi connectivity index (χ0n) is 10.4. The molecule has 0 aliphatic carbocycles. The third kappa shape index (κ3) is 4.95. The molecule has 0 saturated carbocycles. The van der Waals surface area contributed by atoms with Crippen molar-refractivity contribution in [3.63, 3.8) is 0 Å². The van der Waals surface area contributed by atoms with Gasteiger partial charge in [-0.3, -0.25) is 0 Å². The number of methoxy groups -OCH3 is 1. The van der Waals surface area contributed by atoms with Crippen LogP contribution >= 0.6 is 12.2 Å². The highest BCUT2D eigenvalue weighted by atomic mass is 32.1. The van der Waals surface area contributed by atoms with Crippen molar-refractivity contribution in [1.82, 2.24) is 15.3 Å². The quantitative estimate of drug-likeness (QED) is 0.783. The Balaban J connectivity index is 2.49. The molecule has 2 N–H and O–H groups in total. The van der Waals surface area contributed by atoms with Gasteiger partial charge in [0.15, 0.2) is 5.11 Å². The average Bonchev–Trinajstić information content (AvgIpc) is 2.29. The predicted molar refractivity (Wildman–Crippen MR) is 72.3 cm³/mol. The van der Waals surface area contributed by atoms with E-state index in [0.29, 0.717) is 22.9 Å². The lowest BCUT2D eigenvalue weighted by molar-refractivity contribution is 0.397. The molecular formula is C11H18N4OS. The maximum Gasteiger partial charge on any atom is 0.218 e. The van der Waals surface area contributed by atoms with Gasteiger partial charge in [0.1, 0.15) is 12.1 Å². The molecule has 1 aromatic rings. The number of thiocarbonyl (C=S) groups is 1. The Kier molecular flexibility index (Phi) is 5.62. The second-order valence-corrected chi connectivity index (χ2v) is 4.14. The Bertz CT molecular complexity index is 372. The van der Waals surface area contributed by atoms with E-state index < -0.39 is 0 Å². The van der Waals surface area contributed by atoms with E-state index in [2.05, 4.69) is 34.4 Å². The zero-order chi connectivity index (χ0) is 12.7. The number of nitrogens with zero attached hydrogens (tertiary/aromatic N) is 2. The molecule has 94 valence electrons. The normalized spacial score (nSPS) is 11.7. The zero-order valence-corrected chi connectivity index (χ0v) is 11.2. The van der Waals surface area contributed by atoms with Gasteiger partial charge in [0, 0.05) is 12.1 Å². The maximum atomic E-state index is 5.18. The van der Waals surface area contributed by atoms with Crippen LogP contribution in [0.4, 0.5) is 5.82 Å². The predicted octanol–water partition coefficient (Wildman–Crippen LogP) is 1.96. The summed E-state index contributed by atoms with van der Waals surface area (Å²) in [6.45, 7) is 4.24. The average molecular weight is 254 g/mol. The fourth-order valence-electron chi connectivity index (χ4n) is 1.40. The van der Waals surface area contributed by atoms with Gasteiger partial charge in [-0.1, -0.05) is 13.3 Å². The number of aromatic nitrogens is 2. The maximum absolute atomic E-state index is 5.18. The molecular weight excluding hydrogens is 236 g/mol. The van der Waals surface area contributed by atoms with Gasteiger partial charge in [-0.15, -0.1) is 0 Å². The number of ether oxygens (including phenoxy) is 1. The summed E-state index contributed by atoms with van der Waals surface area (Å²) in [5.41, 5.74) is 0. The molecule has 5 nitrogen and oxygen atoms in total. The molecule has 1 rings (SSSR count). The van der Waals surface area contributed by atoms with Gasteiger partial charge >= 0.3 is 0 Å². The molecule has 0 radical (unpaired) electrons. The highest BCUT2D eigenvalue weighted by molar-refractivity contribution is 7.80. The Morgan fingerprint density at radius 3 is 2.94 bits per heavy atom. The molecule has 0 saturated heterocycles. The third-order valence-corrected chi connectivity index (χ3v) is 2.41. The summed E-state index contributed by atoms with van der Waals surface area (Å²) < 4.78 is 5.00. The first-order chi connectivity index (χ1) is 8.15. The van der Waals surface area contributed by atoms with Gasteiger partial charge in [0.2, 0.25) is 5.88 Å². The summed E-state index contributed by atoms with van der Waals surface area (Å²) in [6.07, 6.45) is 3.63. The standard InChI is InChI=1S/C11H18N4OS/c1-4-5-8(2)14-11(17)15-9-6-10(16-3)13-7-12-9/h6-8H,4-5H2,1-3H3,(H2,12,13,14,15,17)/t8-/m1/s1. The van der Waals surface area contributed by atoms with Crippen LogP contribution < -0.4 is 15.4 Å². The Morgan fingerprint density at radius 2 is 2.29 bits per heavy atom. The monoisotopic (exact) mass is 254 g/mol. The molecule has 1 heterocycles. The van der Waals surface area contributed by atoms with Crippen LogP contribution in [0.5, 0.6) is 5.88 Å². The van der Waals surface area contributed by atoms with Crippen molar-refractivity contribution in [2.75, 3.05) is 12.4 Å². The summed E-state index contributed by atoms with van der Waals surface area (Å²) in [5.74, 6) is 1.13. The van der Waals surface area contributed by atoms with Crippen LogP contribution in [-0.4, -0.2) is 28.2 Å². The molecule has 6 heteroatoms. The van der Waals surface area contributed by atoms with Gasteiger partial charge in [-0.2, -0.15) is 0 Å². The van der Waals surface area contributed by atoms with Crippen molar-refractivity contribution in [2.24, 2.45) is 0 Å². The van der Waals surface area contributed by atoms with Crippen LogP contribution in [0.3, 0.4) is 0 Å². The first kappa shape index (κ1) is 13.6. The first-order valence-electron chi connectivity index (χ1n) is 5.59. The molecule has 0 aliphatic heterocycles. The summed E-state index contributed by atoms with van der Waals surface area (Å²) in [4.78, 5) is 7.97. The number of hydrogen-bond donors (Lipinski definition) is 2. The molecule has 0 amide bonds. The molecule has 0 unspecified atom stereocenters. The van der Waals surface area contributed by atoms with Gasteiger partial charge in [-0.25, -0.2) is 9.97 Å². The molecule has 0 aromatic carbocycles. The lowest BCUT2D eigenvalue weighted by Crippen LogP contribution is -2.35. The lowest BCUT2D eigenvalue weighted by atomic mass is 10.2. The minimum absolute atomic E-state index is 0.351. The van der Waals surface area contributed by atoms with Crippen molar-refractivity contribution < 1.29 is 4.74 Å². The molecule has 1 aromatic heterocycles.